The Kier molecular flexibility index (Phi) is 4.97. The fourth-order valence-corrected chi connectivity index (χ4v) is 3.53. The Hall–Kier alpha value is -0.660. The quantitative estimate of drug-likeness (QED) is 0.800. The number of rotatable bonds is 5. The fourth-order valence-electron chi connectivity index (χ4n) is 1.24. The second-order valence-corrected chi connectivity index (χ2v) is 7.74. The van der Waals surface area contributed by atoms with Crippen molar-refractivity contribution in [1.29, 1.82) is 0 Å². The maximum absolute atomic E-state index is 13.2. The van der Waals surface area contributed by atoms with E-state index in [1.165, 1.54) is 0 Å². The number of nitrogens with one attached hydrogen (secondary N) is 1. The van der Waals surface area contributed by atoms with Crippen LogP contribution in [0.4, 0.5) is 10.1 Å². The predicted molar refractivity (Wildman–Crippen MR) is 77.8 cm³/mol. The van der Waals surface area contributed by atoms with Gasteiger partial charge in [-0.15, -0.1) is 0 Å². The third kappa shape index (κ3) is 4.15. The molecule has 1 rings (SSSR count). The first-order valence-electron chi connectivity index (χ1n) is 5.83. The van der Waals surface area contributed by atoms with Gasteiger partial charge in [0.25, 0.3) is 0 Å². The van der Waals surface area contributed by atoms with Crippen molar-refractivity contribution in [2.45, 2.75) is 32.1 Å². The van der Waals surface area contributed by atoms with Gasteiger partial charge in [-0.1, -0.05) is 20.8 Å². The van der Waals surface area contributed by atoms with E-state index in [9.17, 15) is 12.8 Å². The molecule has 7 heteroatoms. The standard InChI is InChI=1S/C12H18BrFN2O2S/c1-4-12(2,3)7-16-19(17,18)11-6-10(15)9(14)5-8(11)13/h5-6,16H,4,7,15H2,1-3H3. The third-order valence-electron chi connectivity index (χ3n) is 3.04. The van der Waals surface area contributed by atoms with Gasteiger partial charge >= 0.3 is 0 Å². The first kappa shape index (κ1) is 16.4. The number of nitrogens with two attached hydrogens (primary N) is 1. The smallest absolute Gasteiger partial charge is 0.241 e. The number of hydrogen-bond donors (Lipinski definition) is 2. The average Bonchev–Trinajstić information content (AvgIpc) is 2.31. The summed E-state index contributed by atoms with van der Waals surface area (Å²) in [5.74, 6) is -0.653. The highest BCUT2D eigenvalue weighted by molar-refractivity contribution is 9.10. The fraction of sp³-hybridized carbons (Fsp3) is 0.500. The first-order chi connectivity index (χ1) is 8.59. The molecule has 1 aromatic rings. The second kappa shape index (κ2) is 5.76. The molecule has 0 heterocycles. The number of hydrogen-bond acceptors (Lipinski definition) is 3. The van der Waals surface area contributed by atoms with E-state index in [-0.39, 0.29) is 20.5 Å². The number of benzene rings is 1. The van der Waals surface area contributed by atoms with Crippen LogP contribution in [-0.4, -0.2) is 15.0 Å². The largest absolute Gasteiger partial charge is 0.396 e. The Balaban J connectivity index is 3.05. The minimum Gasteiger partial charge on any atom is -0.396 e. The molecule has 0 aliphatic heterocycles. The van der Waals surface area contributed by atoms with Crippen LogP contribution in [0.5, 0.6) is 0 Å². The molecule has 0 unspecified atom stereocenters. The molecule has 0 amide bonds. The second-order valence-electron chi connectivity index (χ2n) is 5.15. The molecule has 0 atom stereocenters. The van der Waals surface area contributed by atoms with Crippen molar-refractivity contribution in [1.82, 2.24) is 4.72 Å². The summed E-state index contributed by atoms with van der Waals surface area (Å²) < 4.78 is 40.2. The van der Waals surface area contributed by atoms with E-state index >= 15 is 0 Å². The monoisotopic (exact) mass is 352 g/mol. The Morgan fingerprint density at radius 2 is 2.00 bits per heavy atom. The summed E-state index contributed by atoms with van der Waals surface area (Å²) in [7, 11) is -3.72. The maximum atomic E-state index is 13.2. The minimum atomic E-state index is -3.72. The zero-order valence-electron chi connectivity index (χ0n) is 11.1. The van der Waals surface area contributed by atoms with E-state index in [1.54, 1.807) is 0 Å². The van der Waals surface area contributed by atoms with Gasteiger partial charge in [0.2, 0.25) is 10.0 Å². The average molecular weight is 353 g/mol. The topological polar surface area (TPSA) is 72.2 Å². The Morgan fingerprint density at radius 1 is 1.42 bits per heavy atom. The van der Waals surface area contributed by atoms with Crippen LogP contribution in [0, 0.1) is 11.2 Å². The number of anilines is 1. The maximum Gasteiger partial charge on any atom is 0.241 e. The van der Waals surface area contributed by atoms with Crippen molar-refractivity contribution in [2.75, 3.05) is 12.3 Å². The Morgan fingerprint density at radius 3 is 2.53 bits per heavy atom. The molecule has 0 fully saturated rings. The van der Waals surface area contributed by atoms with Crippen LogP contribution in [0.3, 0.4) is 0 Å². The van der Waals surface area contributed by atoms with E-state index in [4.69, 9.17) is 5.73 Å². The van der Waals surface area contributed by atoms with Crippen molar-refractivity contribution in [3.8, 4) is 0 Å². The molecule has 1 aromatic carbocycles. The number of sulfonamides is 1. The number of halogens is 2. The van der Waals surface area contributed by atoms with Gasteiger partial charge < -0.3 is 5.73 Å². The van der Waals surface area contributed by atoms with Crippen LogP contribution >= 0.6 is 15.9 Å². The molecular weight excluding hydrogens is 335 g/mol. The van der Waals surface area contributed by atoms with Gasteiger partial charge in [-0.25, -0.2) is 17.5 Å². The molecule has 0 aromatic heterocycles. The van der Waals surface area contributed by atoms with Gasteiger partial charge in [0.05, 0.1) is 10.6 Å². The highest BCUT2D eigenvalue weighted by Crippen LogP contribution is 2.27. The van der Waals surface area contributed by atoms with E-state index < -0.39 is 15.8 Å². The third-order valence-corrected chi connectivity index (χ3v) is 5.40. The van der Waals surface area contributed by atoms with Crippen molar-refractivity contribution >= 4 is 31.6 Å². The zero-order chi connectivity index (χ0) is 14.8. The lowest BCUT2D eigenvalue weighted by molar-refractivity contribution is 0.350. The molecule has 0 saturated carbocycles. The first-order valence-corrected chi connectivity index (χ1v) is 8.11. The summed E-state index contributed by atoms with van der Waals surface area (Å²) in [5, 5.41) is 0. The summed E-state index contributed by atoms with van der Waals surface area (Å²) in [6, 6.07) is 2.16. The SMILES string of the molecule is CCC(C)(C)CNS(=O)(=O)c1cc(N)c(F)cc1Br. The molecule has 4 nitrogen and oxygen atoms in total. The molecule has 0 aliphatic rings. The van der Waals surface area contributed by atoms with Gasteiger partial charge in [0, 0.05) is 11.0 Å². The van der Waals surface area contributed by atoms with E-state index in [1.807, 2.05) is 20.8 Å². The highest BCUT2D eigenvalue weighted by Gasteiger charge is 2.23. The van der Waals surface area contributed by atoms with Crippen LogP contribution < -0.4 is 10.5 Å². The van der Waals surface area contributed by atoms with E-state index in [0.29, 0.717) is 6.54 Å². The molecule has 108 valence electrons. The van der Waals surface area contributed by atoms with Crippen LogP contribution in [0.25, 0.3) is 0 Å². The number of nitrogen functional groups attached to an aromatic ring is 1. The van der Waals surface area contributed by atoms with Crippen LogP contribution in [0.15, 0.2) is 21.5 Å². The van der Waals surface area contributed by atoms with Gasteiger partial charge in [0.1, 0.15) is 5.82 Å². The summed E-state index contributed by atoms with van der Waals surface area (Å²) in [4.78, 5) is -0.0571. The molecule has 19 heavy (non-hydrogen) atoms. The summed E-state index contributed by atoms with van der Waals surface area (Å²) in [6.07, 6.45) is 0.836. The Bertz CT molecular complexity index is 573. The minimum absolute atomic E-state index is 0.0571. The summed E-state index contributed by atoms with van der Waals surface area (Å²) in [6.45, 7) is 6.21. The normalized spacial score (nSPS) is 12.7. The van der Waals surface area contributed by atoms with E-state index in [0.717, 1.165) is 18.6 Å². The van der Waals surface area contributed by atoms with Crippen LogP contribution in [-0.2, 0) is 10.0 Å². The van der Waals surface area contributed by atoms with Crippen molar-refractivity contribution in [3.63, 3.8) is 0 Å². The molecule has 0 radical (unpaired) electrons. The lowest BCUT2D eigenvalue weighted by atomic mass is 9.91. The van der Waals surface area contributed by atoms with Crippen LogP contribution in [0.1, 0.15) is 27.2 Å². The highest BCUT2D eigenvalue weighted by atomic mass is 79.9. The summed E-state index contributed by atoms with van der Waals surface area (Å²) in [5.41, 5.74) is 5.06. The zero-order valence-corrected chi connectivity index (χ0v) is 13.5. The predicted octanol–water partition coefficient (Wildman–Crippen LogP) is 2.88. The van der Waals surface area contributed by atoms with Crippen molar-refractivity contribution < 1.29 is 12.8 Å². The van der Waals surface area contributed by atoms with Gasteiger partial charge in [-0.05, 0) is 39.9 Å². The molecular formula is C12H18BrFN2O2S. The molecule has 0 spiro atoms. The van der Waals surface area contributed by atoms with Crippen LogP contribution in [0.2, 0.25) is 0 Å². The molecule has 0 bridgehead atoms. The lowest BCUT2D eigenvalue weighted by Gasteiger charge is -2.23. The van der Waals surface area contributed by atoms with Gasteiger partial charge in [0.15, 0.2) is 0 Å². The summed E-state index contributed by atoms with van der Waals surface area (Å²) >= 11 is 3.04. The lowest BCUT2D eigenvalue weighted by Crippen LogP contribution is -2.33. The molecule has 0 saturated heterocycles. The van der Waals surface area contributed by atoms with Gasteiger partial charge in [-0.2, -0.15) is 0 Å². The van der Waals surface area contributed by atoms with E-state index in [2.05, 4.69) is 20.7 Å². The van der Waals surface area contributed by atoms with Crippen molar-refractivity contribution in [3.05, 3.63) is 22.4 Å². The van der Waals surface area contributed by atoms with Crippen molar-refractivity contribution in [2.24, 2.45) is 5.41 Å². The Labute approximate surface area is 121 Å². The molecule has 0 aliphatic carbocycles. The molecule has 3 N–H and O–H groups in total. The van der Waals surface area contributed by atoms with Gasteiger partial charge in [-0.3, -0.25) is 0 Å².